The first-order valence-electron chi connectivity index (χ1n) is 7.79. The lowest BCUT2D eigenvalue weighted by Gasteiger charge is -2.31. The van der Waals surface area contributed by atoms with Gasteiger partial charge in [0.2, 0.25) is 0 Å². The van der Waals surface area contributed by atoms with Crippen LogP contribution >= 0.6 is 0 Å². The maximum atomic E-state index is 11.7. The highest BCUT2D eigenvalue weighted by Crippen LogP contribution is 2.36. The van der Waals surface area contributed by atoms with Crippen LogP contribution in [0.25, 0.3) is 10.9 Å². The van der Waals surface area contributed by atoms with E-state index in [1.807, 2.05) is 19.9 Å². The average molecular weight is 315 g/mol. The second-order valence-corrected chi connectivity index (χ2v) is 6.26. The van der Waals surface area contributed by atoms with E-state index in [9.17, 15) is 14.7 Å². The van der Waals surface area contributed by atoms with E-state index in [-0.39, 0.29) is 5.92 Å². The van der Waals surface area contributed by atoms with E-state index in [1.165, 1.54) is 4.90 Å². The number of carboxylic acid groups (broad SMARTS) is 1. The van der Waals surface area contributed by atoms with Crippen LogP contribution < -0.4 is 5.73 Å². The van der Waals surface area contributed by atoms with Crippen LogP contribution in [-0.4, -0.2) is 40.1 Å². The molecule has 6 nitrogen and oxygen atoms in total. The molecule has 1 aromatic heterocycles. The third kappa shape index (κ3) is 2.54. The summed E-state index contributed by atoms with van der Waals surface area (Å²) in [5.74, 6) is -0.322. The van der Waals surface area contributed by atoms with Crippen molar-refractivity contribution in [3.05, 3.63) is 34.5 Å². The van der Waals surface area contributed by atoms with Gasteiger partial charge in [0.1, 0.15) is 0 Å². The molecule has 6 heteroatoms. The minimum atomic E-state index is -0.873. The fraction of sp³-hybridized carbons (Fsp3) is 0.412. The molecule has 3 rings (SSSR count). The van der Waals surface area contributed by atoms with Crippen LogP contribution in [0.5, 0.6) is 0 Å². The Hall–Kier alpha value is -2.50. The monoisotopic (exact) mass is 315 g/mol. The smallest absolute Gasteiger partial charge is 0.407 e. The minimum Gasteiger partial charge on any atom is -0.465 e. The number of nitrogens with two attached hydrogens (primary N) is 1. The van der Waals surface area contributed by atoms with Gasteiger partial charge in [-0.2, -0.15) is 0 Å². The topological polar surface area (TPSA) is 99.4 Å². The highest BCUT2D eigenvalue weighted by molar-refractivity contribution is 6.07. The number of fused-ring (bicyclic) bond motifs is 1. The summed E-state index contributed by atoms with van der Waals surface area (Å²) in [5, 5.41) is 10.3. The molecule has 1 unspecified atom stereocenters. The lowest BCUT2D eigenvalue weighted by molar-refractivity contribution is 0.100. The Morgan fingerprint density at radius 2 is 2.09 bits per heavy atom. The van der Waals surface area contributed by atoms with Gasteiger partial charge in [-0.05, 0) is 43.9 Å². The van der Waals surface area contributed by atoms with Crippen LogP contribution in [0.1, 0.15) is 45.9 Å². The van der Waals surface area contributed by atoms with Crippen LogP contribution in [0.3, 0.4) is 0 Å². The van der Waals surface area contributed by atoms with Crippen molar-refractivity contribution in [1.29, 1.82) is 0 Å². The summed E-state index contributed by atoms with van der Waals surface area (Å²) in [6.45, 7) is 5.05. The zero-order valence-corrected chi connectivity index (χ0v) is 13.3. The summed E-state index contributed by atoms with van der Waals surface area (Å²) in [5.41, 5.74) is 9.91. The van der Waals surface area contributed by atoms with E-state index in [2.05, 4.69) is 4.98 Å². The van der Waals surface area contributed by atoms with Crippen molar-refractivity contribution >= 4 is 22.9 Å². The minimum absolute atomic E-state index is 0.137. The molecule has 4 N–H and O–H groups in total. The maximum Gasteiger partial charge on any atom is 0.407 e. The fourth-order valence-electron chi connectivity index (χ4n) is 3.57. The molecule has 2 heterocycles. The summed E-state index contributed by atoms with van der Waals surface area (Å²) < 4.78 is 0. The number of aryl methyl sites for hydroxylation is 2. The quantitative estimate of drug-likeness (QED) is 0.794. The van der Waals surface area contributed by atoms with Crippen molar-refractivity contribution < 1.29 is 14.7 Å². The lowest BCUT2D eigenvalue weighted by Crippen LogP contribution is -2.38. The number of carbonyl (C=O) groups excluding carboxylic acids is 1. The van der Waals surface area contributed by atoms with Crippen molar-refractivity contribution in [2.45, 2.75) is 32.6 Å². The molecule has 2 amide bonds. The largest absolute Gasteiger partial charge is 0.465 e. The number of benzene rings is 1. The molecule has 0 radical (unpaired) electrons. The van der Waals surface area contributed by atoms with E-state index in [0.717, 1.165) is 40.6 Å². The van der Waals surface area contributed by atoms with Gasteiger partial charge in [0.05, 0.1) is 11.1 Å². The number of hydrogen-bond donors (Lipinski definition) is 3. The lowest BCUT2D eigenvalue weighted by atomic mass is 9.86. The predicted octanol–water partition coefficient (Wildman–Crippen LogP) is 2.74. The molecule has 1 saturated heterocycles. The van der Waals surface area contributed by atoms with Gasteiger partial charge < -0.3 is 20.7 Å². The molecule has 1 aliphatic heterocycles. The molecular formula is C17H21N3O3. The number of H-pyrrole nitrogens is 1. The van der Waals surface area contributed by atoms with E-state index in [0.29, 0.717) is 18.7 Å². The third-order valence-electron chi connectivity index (χ3n) is 4.88. The molecule has 1 fully saturated rings. The number of amides is 2. The van der Waals surface area contributed by atoms with E-state index < -0.39 is 12.0 Å². The van der Waals surface area contributed by atoms with E-state index in [1.54, 1.807) is 6.07 Å². The highest BCUT2D eigenvalue weighted by Gasteiger charge is 2.27. The molecule has 0 spiro atoms. The van der Waals surface area contributed by atoms with Gasteiger partial charge in [0.15, 0.2) is 0 Å². The molecule has 0 aliphatic carbocycles. The highest BCUT2D eigenvalue weighted by atomic mass is 16.4. The second-order valence-electron chi connectivity index (χ2n) is 6.26. The Morgan fingerprint density at radius 1 is 1.35 bits per heavy atom. The Kier molecular flexibility index (Phi) is 3.75. The zero-order valence-electron chi connectivity index (χ0n) is 13.3. The van der Waals surface area contributed by atoms with Crippen LogP contribution in [0, 0.1) is 13.8 Å². The fourth-order valence-corrected chi connectivity index (χ4v) is 3.57. The van der Waals surface area contributed by atoms with Crippen molar-refractivity contribution in [3.63, 3.8) is 0 Å². The summed E-state index contributed by atoms with van der Waals surface area (Å²) in [6, 6.07) is 3.67. The number of likely N-dealkylation sites (tertiary alicyclic amines) is 1. The molecule has 1 aromatic carbocycles. The first-order chi connectivity index (χ1) is 10.9. The Labute approximate surface area is 134 Å². The van der Waals surface area contributed by atoms with Crippen LogP contribution in [-0.2, 0) is 0 Å². The molecule has 23 heavy (non-hydrogen) atoms. The van der Waals surface area contributed by atoms with Gasteiger partial charge in [-0.15, -0.1) is 0 Å². The number of carbonyl (C=O) groups is 2. The molecule has 1 aliphatic rings. The third-order valence-corrected chi connectivity index (χ3v) is 4.88. The summed E-state index contributed by atoms with van der Waals surface area (Å²) >= 11 is 0. The SMILES string of the molecule is Cc1[nH]c2c(C(N)=O)ccc(C3CCCN(C(=O)O)C3)c2c1C. The number of nitrogens with one attached hydrogen (secondary N) is 1. The number of hydrogen-bond acceptors (Lipinski definition) is 2. The van der Waals surface area contributed by atoms with Gasteiger partial charge in [-0.25, -0.2) is 4.79 Å². The molecule has 122 valence electrons. The number of aromatic nitrogens is 1. The van der Waals surface area contributed by atoms with Crippen molar-refractivity contribution in [3.8, 4) is 0 Å². The summed E-state index contributed by atoms with van der Waals surface area (Å²) in [4.78, 5) is 27.7. The van der Waals surface area contributed by atoms with Gasteiger partial charge >= 0.3 is 6.09 Å². The number of nitrogens with zero attached hydrogens (tertiary/aromatic N) is 1. The maximum absolute atomic E-state index is 11.7. The van der Waals surface area contributed by atoms with Crippen LogP contribution in [0.2, 0.25) is 0 Å². The summed E-state index contributed by atoms with van der Waals surface area (Å²) in [7, 11) is 0. The van der Waals surface area contributed by atoms with Crippen LogP contribution in [0.4, 0.5) is 4.79 Å². The Balaban J connectivity index is 2.13. The Bertz CT molecular complexity index is 794. The predicted molar refractivity (Wildman–Crippen MR) is 87.9 cm³/mol. The van der Waals surface area contributed by atoms with Gasteiger partial charge in [0.25, 0.3) is 5.91 Å². The van der Waals surface area contributed by atoms with Crippen molar-refractivity contribution in [2.24, 2.45) is 5.73 Å². The van der Waals surface area contributed by atoms with E-state index >= 15 is 0 Å². The normalized spacial score (nSPS) is 18.3. The first kappa shape index (κ1) is 15.4. The molecule has 2 aromatic rings. The number of aromatic amines is 1. The van der Waals surface area contributed by atoms with Crippen LogP contribution in [0.15, 0.2) is 12.1 Å². The molecule has 0 bridgehead atoms. The van der Waals surface area contributed by atoms with Gasteiger partial charge in [0, 0.05) is 30.1 Å². The molecule has 1 atom stereocenters. The Morgan fingerprint density at radius 3 is 2.74 bits per heavy atom. The van der Waals surface area contributed by atoms with Crippen molar-refractivity contribution in [1.82, 2.24) is 9.88 Å². The summed E-state index contributed by atoms with van der Waals surface area (Å²) in [6.07, 6.45) is 0.915. The van der Waals surface area contributed by atoms with Crippen molar-refractivity contribution in [2.75, 3.05) is 13.1 Å². The zero-order chi connectivity index (χ0) is 16.7. The number of rotatable bonds is 2. The van der Waals surface area contributed by atoms with E-state index in [4.69, 9.17) is 5.73 Å². The molecular weight excluding hydrogens is 294 g/mol. The number of primary amides is 1. The average Bonchev–Trinajstić information content (AvgIpc) is 2.82. The van der Waals surface area contributed by atoms with Gasteiger partial charge in [-0.3, -0.25) is 4.79 Å². The first-order valence-corrected chi connectivity index (χ1v) is 7.79. The molecule has 0 saturated carbocycles. The standard InChI is InChI=1S/C17H21N3O3/c1-9-10(2)19-15-13(16(18)21)6-5-12(14(9)15)11-4-3-7-20(8-11)17(22)23/h5-6,11,19H,3-4,7-8H2,1-2H3,(H2,18,21)(H,22,23). The second kappa shape index (κ2) is 5.61. The van der Waals surface area contributed by atoms with Gasteiger partial charge in [-0.1, -0.05) is 6.07 Å². The number of piperidine rings is 1.